The molecule has 0 atom stereocenters. The number of aromatic nitrogens is 2. The first-order chi connectivity index (χ1) is 14.6. The summed E-state index contributed by atoms with van der Waals surface area (Å²) in [5, 5.41) is 4.08. The molecule has 0 bridgehead atoms. The summed E-state index contributed by atoms with van der Waals surface area (Å²) in [7, 11) is 1.95. The van der Waals surface area contributed by atoms with Crippen molar-refractivity contribution in [1.82, 2.24) is 14.9 Å². The molecule has 5 nitrogen and oxygen atoms in total. The van der Waals surface area contributed by atoms with Crippen LogP contribution in [0.4, 0.5) is 0 Å². The van der Waals surface area contributed by atoms with Crippen molar-refractivity contribution in [2.24, 2.45) is 7.05 Å². The second-order valence-corrected chi connectivity index (χ2v) is 8.13. The van der Waals surface area contributed by atoms with Gasteiger partial charge in [-0.3, -0.25) is 4.79 Å². The molecule has 0 saturated carbocycles. The van der Waals surface area contributed by atoms with Crippen LogP contribution in [0.3, 0.4) is 0 Å². The molecule has 0 fully saturated rings. The maximum absolute atomic E-state index is 13.1. The molecule has 0 radical (unpaired) electrons. The second-order valence-electron chi connectivity index (χ2n) is 7.19. The first-order valence-corrected chi connectivity index (χ1v) is 10.7. The number of hydrogen-bond donors (Lipinski definition) is 1. The van der Waals surface area contributed by atoms with Gasteiger partial charge in [0.05, 0.1) is 11.3 Å². The van der Waals surface area contributed by atoms with Crippen LogP contribution in [0.1, 0.15) is 34.4 Å². The number of nitrogens with zero attached hydrogens (tertiary/aromatic N) is 2. The molecular formula is C24H23N3O2S. The van der Waals surface area contributed by atoms with Crippen LogP contribution in [0.2, 0.25) is 0 Å². The first-order valence-electron chi connectivity index (χ1n) is 9.68. The molecule has 2 aromatic heterocycles. The Morgan fingerprint density at radius 1 is 1.03 bits per heavy atom. The van der Waals surface area contributed by atoms with E-state index >= 15 is 0 Å². The molecule has 0 unspecified atom stereocenters. The Morgan fingerprint density at radius 3 is 2.23 bits per heavy atom. The van der Waals surface area contributed by atoms with Crippen LogP contribution < -0.4 is 5.32 Å². The lowest BCUT2D eigenvalue weighted by Gasteiger charge is -2.32. The van der Waals surface area contributed by atoms with Gasteiger partial charge < -0.3 is 14.3 Å². The third-order valence-electron chi connectivity index (χ3n) is 5.07. The highest BCUT2D eigenvalue weighted by atomic mass is 32.2. The number of furan rings is 1. The van der Waals surface area contributed by atoms with Gasteiger partial charge in [-0.15, -0.1) is 0 Å². The minimum absolute atomic E-state index is 0.251. The molecule has 152 valence electrons. The summed E-state index contributed by atoms with van der Waals surface area (Å²) in [6.07, 6.45) is 3.66. The average molecular weight is 418 g/mol. The van der Waals surface area contributed by atoms with Gasteiger partial charge in [0.2, 0.25) is 0 Å². The van der Waals surface area contributed by atoms with Crippen LogP contribution in [0.25, 0.3) is 0 Å². The summed E-state index contributed by atoms with van der Waals surface area (Å²) in [5.74, 6) is 1.38. The molecule has 1 amide bonds. The van der Waals surface area contributed by atoms with E-state index in [4.69, 9.17) is 4.42 Å². The molecule has 0 aliphatic rings. The maximum Gasteiger partial charge on any atom is 0.287 e. The highest BCUT2D eigenvalue weighted by Crippen LogP contribution is 2.30. The number of rotatable bonds is 7. The Kier molecular flexibility index (Phi) is 5.77. The Morgan fingerprint density at radius 2 is 1.67 bits per heavy atom. The molecule has 2 aromatic carbocycles. The summed E-state index contributed by atoms with van der Waals surface area (Å²) in [5.41, 5.74) is 1.32. The minimum atomic E-state index is -0.686. The predicted molar refractivity (Wildman–Crippen MR) is 118 cm³/mol. The van der Waals surface area contributed by atoms with Gasteiger partial charge in [-0.2, -0.15) is 0 Å². The average Bonchev–Trinajstić information content (AvgIpc) is 3.42. The molecule has 4 rings (SSSR count). The Balaban J connectivity index is 1.53. The van der Waals surface area contributed by atoms with Gasteiger partial charge in [-0.05, 0) is 30.2 Å². The molecule has 0 spiro atoms. The summed E-state index contributed by atoms with van der Waals surface area (Å²) in [6.45, 7) is 2.01. The normalized spacial score (nSPS) is 11.4. The van der Waals surface area contributed by atoms with Crippen LogP contribution >= 0.6 is 11.8 Å². The van der Waals surface area contributed by atoms with Gasteiger partial charge in [0.15, 0.2) is 10.9 Å². The minimum Gasteiger partial charge on any atom is -0.455 e. The number of benzene rings is 2. The monoisotopic (exact) mass is 417 g/mol. The number of carbonyl (C=O) groups is 1. The zero-order valence-corrected chi connectivity index (χ0v) is 17.7. The van der Waals surface area contributed by atoms with Crippen molar-refractivity contribution in [2.45, 2.75) is 23.4 Å². The molecule has 0 aliphatic carbocycles. The van der Waals surface area contributed by atoms with Crippen molar-refractivity contribution in [3.63, 3.8) is 0 Å². The Hall–Kier alpha value is -3.25. The van der Waals surface area contributed by atoms with Crippen LogP contribution in [0, 0.1) is 0 Å². The Labute approximate surface area is 180 Å². The summed E-state index contributed by atoms with van der Waals surface area (Å²) in [6, 6.07) is 23.5. The van der Waals surface area contributed by atoms with E-state index in [1.54, 1.807) is 24.0 Å². The smallest absolute Gasteiger partial charge is 0.287 e. The largest absolute Gasteiger partial charge is 0.455 e. The topological polar surface area (TPSA) is 60.1 Å². The zero-order valence-electron chi connectivity index (χ0n) is 16.9. The third-order valence-corrected chi connectivity index (χ3v) is 6.15. The maximum atomic E-state index is 13.1. The lowest BCUT2D eigenvalue weighted by atomic mass is 9.84. The molecule has 0 aliphatic heterocycles. The predicted octanol–water partition coefficient (Wildman–Crippen LogP) is 5.00. The summed E-state index contributed by atoms with van der Waals surface area (Å²) >= 11 is 1.57. The summed E-state index contributed by atoms with van der Waals surface area (Å²) in [4.78, 5) is 17.4. The van der Waals surface area contributed by atoms with Crippen molar-refractivity contribution in [3.05, 3.63) is 108 Å². The number of carbonyl (C=O) groups excluding carboxylic acids is 1. The standard InChI is InChI=1S/C24H23N3O2S/c1-24(18-9-5-3-6-10-18,19-11-7-4-8-12-19)26-22(28)21-14-13-20(29-21)17-30-23-25-15-16-27(23)2/h3-16H,17H2,1-2H3,(H,26,28). The van der Waals surface area contributed by atoms with Crippen molar-refractivity contribution < 1.29 is 9.21 Å². The van der Waals surface area contributed by atoms with E-state index in [2.05, 4.69) is 10.3 Å². The second kappa shape index (κ2) is 8.63. The molecular weight excluding hydrogens is 394 g/mol. The third kappa shape index (κ3) is 4.19. The van der Waals surface area contributed by atoms with E-state index < -0.39 is 5.54 Å². The molecule has 1 N–H and O–H groups in total. The molecule has 0 saturated heterocycles. The van der Waals surface area contributed by atoms with Crippen LogP contribution in [-0.4, -0.2) is 15.5 Å². The van der Waals surface area contributed by atoms with Crippen molar-refractivity contribution in [2.75, 3.05) is 0 Å². The van der Waals surface area contributed by atoms with Gasteiger partial charge in [-0.25, -0.2) is 4.98 Å². The Bertz CT molecular complexity index is 1080. The van der Waals surface area contributed by atoms with Crippen LogP contribution in [0.5, 0.6) is 0 Å². The van der Waals surface area contributed by atoms with Gasteiger partial charge >= 0.3 is 0 Å². The van der Waals surface area contributed by atoms with E-state index in [1.165, 1.54) is 0 Å². The van der Waals surface area contributed by atoms with E-state index in [9.17, 15) is 4.79 Å². The van der Waals surface area contributed by atoms with Crippen LogP contribution in [-0.2, 0) is 18.3 Å². The number of hydrogen-bond acceptors (Lipinski definition) is 4. The number of amides is 1. The highest BCUT2D eigenvalue weighted by molar-refractivity contribution is 7.98. The molecule has 6 heteroatoms. The fraction of sp³-hybridized carbons (Fsp3) is 0.167. The molecule has 4 aromatic rings. The van der Waals surface area contributed by atoms with E-state index in [0.29, 0.717) is 11.5 Å². The SMILES string of the molecule is Cn1ccnc1SCc1ccc(C(=O)NC(C)(c2ccccc2)c2ccccc2)o1. The lowest BCUT2D eigenvalue weighted by Crippen LogP contribution is -2.44. The highest BCUT2D eigenvalue weighted by Gasteiger charge is 2.31. The van der Waals surface area contributed by atoms with Gasteiger partial charge in [0.1, 0.15) is 5.76 Å². The summed E-state index contributed by atoms with van der Waals surface area (Å²) < 4.78 is 7.78. The van der Waals surface area contributed by atoms with Crippen LogP contribution in [0.15, 0.2) is 94.8 Å². The quantitative estimate of drug-likeness (QED) is 0.430. The number of nitrogens with one attached hydrogen (secondary N) is 1. The number of imidazole rings is 1. The fourth-order valence-electron chi connectivity index (χ4n) is 3.35. The number of thioether (sulfide) groups is 1. The van der Waals surface area contributed by atoms with Gasteiger partial charge in [-0.1, -0.05) is 72.4 Å². The lowest BCUT2D eigenvalue weighted by molar-refractivity contribution is 0.0889. The zero-order chi connectivity index (χ0) is 21.0. The molecule has 30 heavy (non-hydrogen) atoms. The van der Waals surface area contributed by atoms with E-state index in [-0.39, 0.29) is 5.91 Å². The van der Waals surface area contributed by atoms with Gasteiger partial charge in [0.25, 0.3) is 5.91 Å². The first kappa shape index (κ1) is 20.0. The van der Waals surface area contributed by atoms with E-state index in [1.807, 2.05) is 91.5 Å². The van der Waals surface area contributed by atoms with Crippen molar-refractivity contribution in [1.29, 1.82) is 0 Å². The van der Waals surface area contributed by atoms with E-state index in [0.717, 1.165) is 22.0 Å². The van der Waals surface area contributed by atoms with Crippen molar-refractivity contribution >= 4 is 17.7 Å². The number of aryl methyl sites for hydroxylation is 1. The fourth-order valence-corrected chi connectivity index (χ4v) is 4.17. The van der Waals surface area contributed by atoms with Crippen molar-refractivity contribution in [3.8, 4) is 0 Å². The molecule has 2 heterocycles. The van der Waals surface area contributed by atoms with Gasteiger partial charge in [0, 0.05) is 19.4 Å².